The normalized spacial score (nSPS) is 11.9. The van der Waals surface area contributed by atoms with E-state index in [-0.39, 0.29) is 11.9 Å². The van der Waals surface area contributed by atoms with Gasteiger partial charge in [0.25, 0.3) is 0 Å². The van der Waals surface area contributed by atoms with E-state index < -0.39 is 0 Å². The van der Waals surface area contributed by atoms with Crippen molar-refractivity contribution in [1.29, 1.82) is 0 Å². The third-order valence-corrected chi connectivity index (χ3v) is 2.83. The lowest BCUT2D eigenvalue weighted by atomic mass is 10.1. The quantitative estimate of drug-likeness (QED) is 0.819. The Labute approximate surface area is 115 Å². The molecule has 0 aliphatic carbocycles. The molecule has 92 valence electrons. The van der Waals surface area contributed by atoms with Crippen molar-refractivity contribution in [1.82, 2.24) is 5.32 Å². The van der Waals surface area contributed by atoms with Gasteiger partial charge < -0.3 is 11.1 Å². The van der Waals surface area contributed by atoms with E-state index in [0.29, 0.717) is 17.8 Å². The Hall–Kier alpha value is -0.940. The Bertz CT molecular complexity index is 423. The lowest BCUT2D eigenvalue weighted by Crippen LogP contribution is -2.36. The molecule has 1 aromatic carbocycles. The molecule has 17 heavy (non-hydrogen) atoms. The molecule has 3 N–H and O–H groups in total. The molecule has 0 fully saturated rings. The number of carbonyl (C=O) groups is 1. The maximum atomic E-state index is 11.7. The molecule has 5 heteroatoms. The fraction of sp³-hybridized carbons (Fsp3) is 0.333. The average molecular weight is 315 g/mol. The first-order valence-corrected chi connectivity index (χ1v) is 6.49. The Morgan fingerprint density at radius 3 is 2.88 bits per heavy atom. The lowest BCUT2D eigenvalue weighted by Gasteiger charge is -2.12. The maximum Gasteiger partial charge on any atom is 0.224 e. The molecular weight excluding hydrogens is 300 g/mol. The molecule has 0 aliphatic heterocycles. The highest BCUT2D eigenvalue weighted by molar-refractivity contribution is 9.10. The van der Waals surface area contributed by atoms with Crippen LogP contribution in [0.3, 0.4) is 0 Å². The van der Waals surface area contributed by atoms with Crippen molar-refractivity contribution in [3.8, 4) is 0 Å². The maximum absolute atomic E-state index is 11.7. The van der Waals surface area contributed by atoms with Crippen molar-refractivity contribution < 1.29 is 4.79 Å². The molecule has 0 spiro atoms. The molecule has 0 radical (unpaired) electrons. The fourth-order valence-corrected chi connectivity index (χ4v) is 2.21. The zero-order valence-electron chi connectivity index (χ0n) is 9.57. The van der Waals surface area contributed by atoms with E-state index in [1.54, 1.807) is 0 Å². The predicted octanol–water partition coefficient (Wildman–Crippen LogP) is 2.17. The molecule has 1 unspecified atom stereocenters. The number of nitrogens with one attached hydrogen (secondary N) is 1. The summed E-state index contributed by atoms with van der Waals surface area (Å²) in [6.45, 7) is 1.89. The minimum Gasteiger partial charge on any atom is -0.393 e. The molecule has 0 heterocycles. The second kappa shape index (κ2) is 6.71. The summed E-state index contributed by atoms with van der Waals surface area (Å²) in [4.78, 5) is 12.1. The second-order valence-corrected chi connectivity index (χ2v) is 5.39. The summed E-state index contributed by atoms with van der Waals surface area (Å²) in [7, 11) is 0. The van der Waals surface area contributed by atoms with Crippen molar-refractivity contribution in [3.05, 3.63) is 34.3 Å². The Morgan fingerprint density at radius 2 is 2.29 bits per heavy atom. The third kappa shape index (κ3) is 5.79. The molecule has 0 saturated carbocycles. The standard InChI is InChI=1S/C12H15BrN2OS/c1-8(5-11(14)17)15-12(16)7-9-3-2-4-10(13)6-9/h2-4,6,8H,5,7H2,1H3,(H2,14,17)(H,15,16). The number of thiocarbonyl (C=S) groups is 1. The molecule has 1 amide bonds. The first kappa shape index (κ1) is 14.1. The Balaban J connectivity index is 2.47. The van der Waals surface area contributed by atoms with Crippen LogP contribution >= 0.6 is 28.1 Å². The number of rotatable bonds is 5. The van der Waals surface area contributed by atoms with Crippen LogP contribution in [0.1, 0.15) is 18.9 Å². The van der Waals surface area contributed by atoms with Crippen LogP contribution in [0, 0.1) is 0 Å². The molecule has 0 aromatic heterocycles. The number of benzene rings is 1. The summed E-state index contributed by atoms with van der Waals surface area (Å²) in [5, 5.41) is 2.86. The van der Waals surface area contributed by atoms with Crippen molar-refractivity contribution in [2.75, 3.05) is 0 Å². The number of hydrogen-bond donors (Lipinski definition) is 2. The van der Waals surface area contributed by atoms with Gasteiger partial charge in [-0.1, -0.05) is 40.3 Å². The average Bonchev–Trinajstić information content (AvgIpc) is 2.14. The van der Waals surface area contributed by atoms with Gasteiger partial charge in [-0.05, 0) is 24.6 Å². The van der Waals surface area contributed by atoms with Crippen LogP contribution in [-0.2, 0) is 11.2 Å². The zero-order chi connectivity index (χ0) is 12.8. The van der Waals surface area contributed by atoms with Crippen LogP contribution < -0.4 is 11.1 Å². The van der Waals surface area contributed by atoms with Crippen molar-refractivity contribution in [2.24, 2.45) is 5.73 Å². The van der Waals surface area contributed by atoms with Gasteiger partial charge in [0.15, 0.2) is 0 Å². The number of nitrogens with two attached hydrogens (primary N) is 1. The smallest absolute Gasteiger partial charge is 0.224 e. The summed E-state index contributed by atoms with van der Waals surface area (Å²) >= 11 is 8.16. The number of halogens is 1. The van der Waals surface area contributed by atoms with Gasteiger partial charge in [-0.3, -0.25) is 4.79 Å². The van der Waals surface area contributed by atoms with Crippen LogP contribution in [0.2, 0.25) is 0 Å². The third-order valence-electron chi connectivity index (χ3n) is 2.17. The van der Waals surface area contributed by atoms with Crippen molar-refractivity contribution in [2.45, 2.75) is 25.8 Å². The van der Waals surface area contributed by atoms with Crippen molar-refractivity contribution in [3.63, 3.8) is 0 Å². The van der Waals surface area contributed by atoms with Crippen LogP contribution in [0.5, 0.6) is 0 Å². The van der Waals surface area contributed by atoms with Crippen LogP contribution in [-0.4, -0.2) is 16.9 Å². The SMILES string of the molecule is CC(CC(N)=S)NC(=O)Cc1cccc(Br)c1. The van der Waals surface area contributed by atoms with Crippen LogP contribution in [0.15, 0.2) is 28.7 Å². The number of amides is 1. The minimum absolute atomic E-state index is 0.0212. The Morgan fingerprint density at radius 1 is 1.59 bits per heavy atom. The van der Waals surface area contributed by atoms with E-state index in [2.05, 4.69) is 21.2 Å². The molecule has 1 aromatic rings. The van der Waals surface area contributed by atoms with Gasteiger partial charge in [0, 0.05) is 16.9 Å². The fourth-order valence-electron chi connectivity index (χ4n) is 1.51. The summed E-state index contributed by atoms with van der Waals surface area (Å²) in [6.07, 6.45) is 0.890. The van der Waals surface area contributed by atoms with Gasteiger partial charge in [0.1, 0.15) is 0 Å². The molecule has 1 rings (SSSR count). The van der Waals surface area contributed by atoms with Gasteiger partial charge in [-0.25, -0.2) is 0 Å². The molecule has 0 saturated heterocycles. The van der Waals surface area contributed by atoms with E-state index in [0.717, 1.165) is 10.0 Å². The van der Waals surface area contributed by atoms with Gasteiger partial charge in [0.05, 0.1) is 11.4 Å². The van der Waals surface area contributed by atoms with Crippen LogP contribution in [0.4, 0.5) is 0 Å². The van der Waals surface area contributed by atoms with E-state index in [1.807, 2.05) is 31.2 Å². The van der Waals surface area contributed by atoms with E-state index in [4.69, 9.17) is 18.0 Å². The first-order valence-electron chi connectivity index (χ1n) is 5.29. The van der Waals surface area contributed by atoms with E-state index in [1.165, 1.54) is 0 Å². The summed E-state index contributed by atoms with van der Waals surface area (Å²) in [6, 6.07) is 7.66. The molecule has 1 atom stereocenters. The lowest BCUT2D eigenvalue weighted by molar-refractivity contribution is -0.120. The second-order valence-electron chi connectivity index (χ2n) is 3.95. The van der Waals surface area contributed by atoms with E-state index in [9.17, 15) is 4.79 Å². The summed E-state index contributed by atoms with van der Waals surface area (Å²) in [5.41, 5.74) is 6.39. The van der Waals surface area contributed by atoms with Gasteiger partial charge in [-0.15, -0.1) is 0 Å². The number of hydrogen-bond acceptors (Lipinski definition) is 2. The molecule has 0 aliphatic rings. The van der Waals surface area contributed by atoms with E-state index >= 15 is 0 Å². The first-order chi connectivity index (χ1) is 7.97. The highest BCUT2D eigenvalue weighted by Crippen LogP contribution is 2.12. The highest BCUT2D eigenvalue weighted by Gasteiger charge is 2.09. The minimum atomic E-state index is -0.0214. The summed E-state index contributed by atoms with van der Waals surface area (Å²) in [5.74, 6) is -0.0214. The number of carbonyl (C=O) groups excluding carboxylic acids is 1. The Kier molecular flexibility index (Phi) is 5.58. The monoisotopic (exact) mass is 314 g/mol. The predicted molar refractivity (Wildman–Crippen MR) is 76.9 cm³/mol. The van der Waals surface area contributed by atoms with Gasteiger partial charge >= 0.3 is 0 Å². The van der Waals surface area contributed by atoms with Gasteiger partial charge in [-0.2, -0.15) is 0 Å². The zero-order valence-corrected chi connectivity index (χ0v) is 12.0. The largest absolute Gasteiger partial charge is 0.393 e. The molecular formula is C12H15BrN2OS. The van der Waals surface area contributed by atoms with Gasteiger partial charge in [0.2, 0.25) is 5.91 Å². The molecule has 3 nitrogen and oxygen atoms in total. The summed E-state index contributed by atoms with van der Waals surface area (Å²) < 4.78 is 0.971. The van der Waals surface area contributed by atoms with Crippen molar-refractivity contribution >= 4 is 39.0 Å². The topological polar surface area (TPSA) is 55.1 Å². The highest BCUT2D eigenvalue weighted by atomic mass is 79.9. The molecule has 0 bridgehead atoms. The van der Waals surface area contributed by atoms with Crippen LogP contribution in [0.25, 0.3) is 0 Å².